The molecule has 1 heterocycles. The van der Waals surface area contributed by atoms with Crippen molar-refractivity contribution >= 4 is 35.6 Å². The van der Waals surface area contributed by atoms with Crippen LogP contribution < -0.4 is 24.8 Å². The average Bonchev–Trinajstić information content (AvgIpc) is 2.66. The number of halogens is 1. The Balaban J connectivity index is 0.00000338. The molecule has 0 amide bonds. The molecular weight excluding hydrogens is 447 g/mol. The van der Waals surface area contributed by atoms with Crippen molar-refractivity contribution in [2.75, 3.05) is 39.2 Å². The van der Waals surface area contributed by atoms with Gasteiger partial charge in [-0.1, -0.05) is 0 Å². The quantitative estimate of drug-likeness (QED) is 0.266. The molecule has 2 aromatic rings. The van der Waals surface area contributed by atoms with E-state index in [1.54, 1.807) is 26.6 Å². The Bertz CT molecular complexity index is 683. The highest BCUT2D eigenvalue weighted by Gasteiger charge is 2.06. The summed E-state index contributed by atoms with van der Waals surface area (Å²) in [5.74, 6) is 2.74. The molecule has 0 unspecified atom stereocenters. The first-order valence-electron chi connectivity index (χ1n) is 8.07. The van der Waals surface area contributed by atoms with Crippen LogP contribution in [0.1, 0.15) is 6.92 Å². The molecule has 0 saturated carbocycles. The van der Waals surface area contributed by atoms with Gasteiger partial charge >= 0.3 is 0 Å². The van der Waals surface area contributed by atoms with Crippen LogP contribution in [-0.4, -0.2) is 44.9 Å². The lowest BCUT2D eigenvalue weighted by atomic mass is 10.3. The molecule has 8 heteroatoms. The van der Waals surface area contributed by atoms with E-state index in [1.165, 1.54) is 0 Å². The van der Waals surface area contributed by atoms with E-state index in [1.807, 2.05) is 37.3 Å². The monoisotopic (exact) mass is 472 g/mol. The standard InChI is InChI=1S/C18H24N4O3.HI/c1-4-20-18(21-10-11-25-15-6-5-9-19-13-15)22-14-7-8-16(23-2)17(12-14)24-3;/h5-9,12-13H,4,10-11H2,1-3H3,(H2,20,21,22);1H. The second-order valence-corrected chi connectivity index (χ2v) is 4.99. The molecule has 0 fully saturated rings. The number of nitrogens with one attached hydrogen (secondary N) is 2. The van der Waals surface area contributed by atoms with Crippen molar-refractivity contribution in [3.8, 4) is 17.2 Å². The largest absolute Gasteiger partial charge is 0.493 e. The van der Waals surface area contributed by atoms with Crippen molar-refractivity contribution in [2.45, 2.75) is 6.92 Å². The van der Waals surface area contributed by atoms with Gasteiger partial charge in [-0.2, -0.15) is 0 Å². The van der Waals surface area contributed by atoms with Gasteiger partial charge < -0.3 is 24.8 Å². The number of ether oxygens (including phenoxy) is 3. The number of nitrogens with zero attached hydrogens (tertiary/aromatic N) is 2. The molecule has 0 aliphatic rings. The molecule has 26 heavy (non-hydrogen) atoms. The van der Waals surface area contributed by atoms with Crippen LogP contribution >= 0.6 is 24.0 Å². The summed E-state index contributed by atoms with van der Waals surface area (Å²) in [5.41, 5.74) is 0.852. The number of hydrogen-bond donors (Lipinski definition) is 2. The molecule has 1 aromatic heterocycles. The van der Waals surface area contributed by atoms with E-state index in [-0.39, 0.29) is 24.0 Å². The first-order valence-corrected chi connectivity index (χ1v) is 8.07. The minimum absolute atomic E-state index is 0. The van der Waals surface area contributed by atoms with Crippen molar-refractivity contribution in [3.05, 3.63) is 42.7 Å². The smallest absolute Gasteiger partial charge is 0.195 e. The second kappa shape index (κ2) is 12.2. The fraction of sp³-hybridized carbons (Fsp3) is 0.333. The first kappa shape index (κ1) is 21.8. The van der Waals surface area contributed by atoms with Gasteiger partial charge in [-0.15, -0.1) is 24.0 Å². The Labute approximate surface area is 171 Å². The summed E-state index contributed by atoms with van der Waals surface area (Å²) < 4.78 is 16.1. The fourth-order valence-electron chi connectivity index (χ4n) is 2.11. The Morgan fingerprint density at radius 3 is 2.62 bits per heavy atom. The summed E-state index contributed by atoms with van der Waals surface area (Å²) in [5, 5.41) is 6.43. The molecule has 0 aliphatic heterocycles. The van der Waals surface area contributed by atoms with E-state index >= 15 is 0 Å². The van der Waals surface area contributed by atoms with Crippen LogP contribution in [0.2, 0.25) is 0 Å². The zero-order valence-corrected chi connectivity index (χ0v) is 17.5. The van der Waals surface area contributed by atoms with Gasteiger partial charge in [0.25, 0.3) is 0 Å². The molecule has 0 atom stereocenters. The summed E-state index contributed by atoms with van der Waals surface area (Å²) in [6.07, 6.45) is 3.39. The van der Waals surface area contributed by atoms with Crippen molar-refractivity contribution in [1.82, 2.24) is 10.3 Å². The maximum Gasteiger partial charge on any atom is 0.195 e. The average molecular weight is 472 g/mol. The van der Waals surface area contributed by atoms with E-state index < -0.39 is 0 Å². The molecule has 142 valence electrons. The highest BCUT2D eigenvalue weighted by molar-refractivity contribution is 14.0. The van der Waals surface area contributed by atoms with Gasteiger partial charge in [0, 0.05) is 24.5 Å². The number of benzene rings is 1. The minimum Gasteiger partial charge on any atom is -0.493 e. The molecule has 0 saturated heterocycles. The van der Waals surface area contributed by atoms with Gasteiger partial charge in [-0.05, 0) is 31.2 Å². The Morgan fingerprint density at radius 1 is 1.15 bits per heavy atom. The molecule has 1 aromatic carbocycles. The molecule has 2 N–H and O–H groups in total. The summed E-state index contributed by atoms with van der Waals surface area (Å²) in [6, 6.07) is 9.31. The van der Waals surface area contributed by atoms with Gasteiger partial charge in [-0.25, -0.2) is 4.99 Å². The van der Waals surface area contributed by atoms with Gasteiger partial charge in [0.15, 0.2) is 17.5 Å². The van der Waals surface area contributed by atoms with Crippen molar-refractivity contribution in [1.29, 1.82) is 0 Å². The second-order valence-electron chi connectivity index (χ2n) is 4.99. The topological polar surface area (TPSA) is 77.0 Å². The van der Waals surface area contributed by atoms with Gasteiger partial charge in [0.05, 0.1) is 27.0 Å². The number of guanidine groups is 1. The lowest BCUT2D eigenvalue weighted by molar-refractivity contribution is 0.327. The van der Waals surface area contributed by atoms with Crippen LogP contribution in [0, 0.1) is 0 Å². The maximum absolute atomic E-state index is 5.59. The molecule has 0 spiro atoms. The van der Waals surface area contributed by atoms with E-state index in [0.717, 1.165) is 18.0 Å². The number of aliphatic imine (C=N–C) groups is 1. The number of methoxy groups -OCH3 is 2. The number of rotatable bonds is 8. The molecular formula is C18H25IN4O3. The summed E-state index contributed by atoms with van der Waals surface area (Å²) >= 11 is 0. The summed E-state index contributed by atoms with van der Waals surface area (Å²) in [4.78, 5) is 8.51. The van der Waals surface area contributed by atoms with E-state index in [4.69, 9.17) is 14.2 Å². The molecule has 0 bridgehead atoms. The predicted molar refractivity (Wildman–Crippen MR) is 114 cm³/mol. The van der Waals surface area contributed by atoms with Crippen LogP contribution in [0.4, 0.5) is 5.69 Å². The van der Waals surface area contributed by atoms with Crippen molar-refractivity contribution < 1.29 is 14.2 Å². The van der Waals surface area contributed by atoms with Crippen LogP contribution in [-0.2, 0) is 0 Å². The third-order valence-corrected chi connectivity index (χ3v) is 3.25. The lowest BCUT2D eigenvalue weighted by Gasteiger charge is -2.14. The van der Waals surface area contributed by atoms with Gasteiger partial charge in [0.1, 0.15) is 12.4 Å². The zero-order chi connectivity index (χ0) is 17.9. The van der Waals surface area contributed by atoms with E-state index in [0.29, 0.717) is 30.6 Å². The molecule has 0 aliphatic carbocycles. The number of pyridine rings is 1. The zero-order valence-electron chi connectivity index (χ0n) is 15.2. The third kappa shape index (κ3) is 6.95. The first-order chi connectivity index (χ1) is 12.3. The van der Waals surface area contributed by atoms with Crippen molar-refractivity contribution in [2.24, 2.45) is 4.99 Å². The van der Waals surface area contributed by atoms with Gasteiger partial charge in [0.2, 0.25) is 0 Å². The Morgan fingerprint density at radius 2 is 1.96 bits per heavy atom. The van der Waals surface area contributed by atoms with E-state index in [2.05, 4.69) is 20.6 Å². The van der Waals surface area contributed by atoms with E-state index in [9.17, 15) is 0 Å². The van der Waals surface area contributed by atoms with Crippen LogP contribution in [0.25, 0.3) is 0 Å². The normalized spacial score (nSPS) is 10.5. The van der Waals surface area contributed by atoms with Gasteiger partial charge in [-0.3, -0.25) is 4.98 Å². The lowest BCUT2D eigenvalue weighted by Crippen LogP contribution is -2.31. The highest BCUT2D eigenvalue weighted by Crippen LogP contribution is 2.29. The SMILES string of the molecule is CCNC(=NCCOc1cccnc1)Nc1ccc(OC)c(OC)c1.I. The number of aromatic nitrogens is 1. The van der Waals surface area contributed by atoms with Crippen LogP contribution in [0.3, 0.4) is 0 Å². The summed E-state index contributed by atoms with van der Waals surface area (Å²) in [7, 11) is 3.22. The highest BCUT2D eigenvalue weighted by atomic mass is 127. The van der Waals surface area contributed by atoms with Crippen LogP contribution in [0.5, 0.6) is 17.2 Å². The fourth-order valence-corrected chi connectivity index (χ4v) is 2.11. The number of anilines is 1. The minimum atomic E-state index is 0. The third-order valence-electron chi connectivity index (χ3n) is 3.25. The van der Waals surface area contributed by atoms with Crippen LogP contribution in [0.15, 0.2) is 47.7 Å². The Kier molecular flexibility index (Phi) is 10.2. The number of hydrogen-bond acceptors (Lipinski definition) is 5. The predicted octanol–water partition coefficient (Wildman–Crippen LogP) is 3.17. The van der Waals surface area contributed by atoms with Crippen molar-refractivity contribution in [3.63, 3.8) is 0 Å². The summed E-state index contributed by atoms with van der Waals surface area (Å²) in [6.45, 7) is 3.74. The molecule has 7 nitrogen and oxygen atoms in total. The maximum atomic E-state index is 5.59. The molecule has 2 rings (SSSR count). The Hall–Kier alpha value is -2.23. The molecule has 0 radical (unpaired) electrons.